The molecule has 2 fully saturated rings. The maximum absolute atomic E-state index is 12.7. The van der Waals surface area contributed by atoms with E-state index in [1.807, 2.05) is 6.08 Å². The number of hydrogen-bond acceptors (Lipinski definition) is 4. The van der Waals surface area contributed by atoms with Crippen LogP contribution in [0.2, 0.25) is 0 Å². The third kappa shape index (κ3) is 2.43. The fourth-order valence-electron chi connectivity index (χ4n) is 6.82. The predicted octanol–water partition coefficient (Wildman–Crippen LogP) is 3.46. The van der Waals surface area contributed by atoms with Gasteiger partial charge in [-0.1, -0.05) is 45.8 Å². The van der Waals surface area contributed by atoms with Crippen LogP contribution in [0.25, 0.3) is 0 Å². The number of aliphatic hydroxyl groups excluding tert-OH is 1. The minimum absolute atomic E-state index is 0.0432. The Morgan fingerprint density at radius 1 is 1.12 bits per heavy atom. The fourth-order valence-corrected chi connectivity index (χ4v) is 6.82. The van der Waals surface area contributed by atoms with E-state index >= 15 is 0 Å². The highest BCUT2D eigenvalue weighted by atomic mass is 16.5. The van der Waals surface area contributed by atoms with E-state index in [2.05, 4.69) is 27.7 Å². The lowest BCUT2D eigenvalue weighted by atomic mass is 9.41. The average Bonchev–Trinajstić information content (AvgIpc) is 2.48. The lowest BCUT2D eigenvalue weighted by Crippen LogP contribution is -2.63. The molecule has 0 amide bonds. The van der Waals surface area contributed by atoms with E-state index in [0.29, 0.717) is 5.92 Å². The summed E-state index contributed by atoms with van der Waals surface area (Å²) in [5.74, 6) is -0.640. The summed E-state index contributed by atoms with van der Waals surface area (Å²) in [5.41, 5.74) is -0.620. The maximum atomic E-state index is 12.7. The van der Waals surface area contributed by atoms with Crippen LogP contribution in [0.15, 0.2) is 11.6 Å². The average molecular weight is 350 g/mol. The van der Waals surface area contributed by atoms with Crippen LogP contribution in [0, 0.1) is 28.1 Å². The third-order valence-corrected chi connectivity index (χ3v) is 7.99. The topological polar surface area (TPSA) is 66.8 Å². The highest BCUT2D eigenvalue weighted by molar-refractivity contribution is 5.76. The molecule has 25 heavy (non-hydrogen) atoms. The number of hydrogen-bond donors (Lipinski definition) is 2. The Hall–Kier alpha value is -0.870. The molecule has 0 heterocycles. The van der Waals surface area contributed by atoms with Gasteiger partial charge in [-0.2, -0.15) is 0 Å². The summed E-state index contributed by atoms with van der Waals surface area (Å²) in [6.45, 7) is 10.7. The Labute approximate surface area is 151 Å². The van der Waals surface area contributed by atoms with Gasteiger partial charge in [-0.25, -0.2) is 0 Å². The van der Waals surface area contributed by atoms with E-state index in [-0.39, 0.29) is 10.8 Å². The SMILES string of the molecule is COC(=O)[C@@H]1[C@@](C)(O)[C@H](O)C=C2[C@@]1(C)CC[C@H]1C(C)(C)CCC[C@]21C. The minimum atomic E-state index is -1.52. The van der Waals surface area contributed by atoms with Gasteiger partial charge in [0.05, 0.1) is 13.0 Å². The second-order valence-corrected chi connectivity index (χ2v) is 9.98. The number of esters is 1. The van der Waals surface area contributed by atoms with Crippen molar-refractivity contribution < 1.29 is 19.7 Å². The standard InChI is InChI=1S/C21H34O4/c1-18(2)9-7-10-19(3)13(18)8-11-20(4)14(19)12-15(22)21(5,24)16(20)17(23)25-6/h12-13,15-16,22,24H,7-11H2,1-6H3/t13-,15+,16-,19-,20+,21-/m0/s1. The van der Waals surface area contributed by atoms with Gasteiger partial charge in [0.1, 0.15) is 11.7 Å². The van der Waals surface area contributed by atoms with Crippen LogP contribution in [-0.4, -0.2) is 35.0 Å². The van der Waals surface area contributed by atoms with E-state index < -0.39 is 29.0 Å². The van der Waals surface area contributed by atoms with Crippen LogP contribution in [0.5, 0.6) is 0 Å². The smallest absolute Gasteiger partial charge is 0.312 e. The van der Waals surface area contributed by atoms with Crippen molar-refractivity contribution in [1.29, 1.82) is 0 Å². The molecule has 0 aromatic heterocycles. The Kier molecular flexibility index (Phi) is 4.21. The van der Waals surface area contributed by atoms with Crippen LogP contribution in [-0.2, 0) is 9.53 Å². The largest absolute Gasteiger partial charge is 0.469 e. The molecule has 3 aliphatic carbocycles. The van der Waals surface area contributed by atoms with Crippen molar-refractivity contribution >= 4 is 5.97 Å². The van der Waals surface area contributed by atoms with Crippen molar-refractivity contribution in [2.45, 2.75) is 78.4 Å². The van der Waals surface area contributed by atoms with Crippen molar-refractivity contribution in [2.24, 2.45) is 28.1 Å². The first kappa shape index (κ1) is 18.9. The summed E-state index contributed by atoms with van der Waals surface area (Å²) in [6, 6.07) is 0. The number of carbonyl (C=O) groups is 1. The quantitative estimate of drug-likeness (QED) is 0.561. The van der Waals surface area contributed by atoms with Gasteiger partial charge in [0, 0.05) is 5.41 Å². The summed E-state index contributed by atoms with van der Waals surface area (Å²) >= 11 is 0. The normalized spacial score (nSPS) is 48.8. The second-order valence-electron chi connectivity index (χ2n) is 9.98. The molecule has 0 aromatic carbocycles. The summed E-state index contributed by atoms with van der Waals surface area (Å²) in [5, 5.41) is 21.7. The van der Waals surface area contributed by atoms with Gasteiger partial charge in [0.25, 0.3) is 0 Å². The molecule has 2 saturated carbocycles. The molecular weight excluding hydrogens is 316 g/mol. The lowest BCUT2D eigenvalue weighted by molar-refractivity contribution is -0.183. The minimum Gasteiger partial charge on any atom is -0.469 e. The Balaban J connectivity index is 2.17. The molecule has 0 bridgehead atoms. The monoisotopic (exact) mass is 350 g/mol. The van der Waals surface area contributed by atoms with Crippen molar-refractivity contribution in [1.82, 2.24) is 0 Å². The first-order chi connectivity index (χ1) is 11.4. The zero-order valence-corrected chi connectivity index (χ0v) is 16.6. The van der Waals surface area contributed by atoms with E-state index in [0.717, 1.165) is 25.7 Å². The van der Waals surface area contributed by atoms with Gasteiger partial charge in [-0.3, -0.25) is 4.79 Å². The number of carbonyl (C=O) groups excluding carboxylic acids is 1. The summed E-state index contributed by atoms with van der Waals surface area (Å²) < 4.78 is 5.06. The number of fused-ring (bicyclic) bond motifs is 3. The molecule has 0 saturated heterocycles. The van der Waals surface area contributed by atoms with Crippen LogP contribution in [0.4, 0.5) is 0 Å². The summed E-state index contributed by atoms with van der Waals surface area (Å²) in [6.07, 6.45) is 6.14. The number of rotatable bonds is 1. The number of aliphatic hydroxyl groups is 2. The second kappa shape index (κ2) is 5.56. The van der Waals surface area contributed by atoms with Gasteiger partial charge in [0.15, 0.2) is 0 Å². The molecule has 4 nitrogen and oxygen atoms in total. The molecule has 0 spiro atoms. The van der Waals surface area contributed by atoms with Crippen LogP contribution < -0.4 is 0 Å². The molecule has 0 radical (unpaired) electrons. The molecule has 0 aliphatic heterocycles. The Bertz CT molecular complexity index is 605. The van der Waals surface area contributed by atoms with Crippen LogP contribution in [0.1, 0.15) is 66.7 Å². The van der Waals surface area contributed by atoms with Crippen molar-refractivity contribution in [3.8, 4) is 0 Å². The Morgan fingerprint density at radius 3 is 2.36 bits per heavy atom. The highest BCUT2D eigenvalue weighted by Crippen LogP contribution is 2.67. The maximum Gasteiger partial charge on any atom is 0.312 e. The van der Waals surface area contributed by atoms with Crippen molar-refractivity contribution in [3.63, 3.8) is 0 Å². The molecule has 0 unspecified atom stereocenters. The molecule has 3 rings (SSSR count). The first-order valence-corrected chi connectivity index (χ1v) is 9.62. The first-order valence-electron chi connectivity index (χ1n) is 9.62. The molecule has 2 N–H and O–H groups in total. The van der Waals surface area contributed by atoms with E-state index in [1.165, 1.54) is 19.1 Å². The van der Waals surface area contributed by atoms with Crippen LogP contribution >= 0.6 is 0 Å². The molecule has 0 aromatic rings. The van der Waals surface area contributed by atoms with Gasteiger partial charge >= 0.3 is 5.97 Å². The van der Waals surface area contributed by atoms with Crippen LogP contribution in [0.3, 0.4) is 0 Å². The Morgan fingerprint density at radius 2 is 1.76 bits per heavy atom. The van der Waals surface area contributed by atoms with E-state index in [4.69, 9.17) is 4.74 Å². The highest BCUT2D eigenvalue weighted by Gasteiger charge is 2.64. The molecular formula is C21H34O4. The van der Waals surface area contributed by atoms with Crippen molar-refractivity contribution in [3.05, 3.63) is 11.6 Å². The van der Waals surface area contributed by atoms with E-state index in [1.54, 1.807) is 6.92 Å². The molecule has 3 aliphatic rings. The van der Waals surface area contributed by atoms with Gasteiger partial charge in [-0.05, 0) is 49.4 Å². The molecule has 6 atom stereocenters. The number of ether oxygens (including phenoxy) is 1. The fraction of sp³-hybridized carbons (Fsp3) is 0.857. The van der Waals surface area contributed by atoms with Gasteiger partial charge < -0.3 is 14.9 Å². The number of allylic oxidation sites excluding steroid dienone is 1. The van der Waals surface area contributed by atoms with Crippen molar-refractivity contribution in [2.75, 3.05) is 7.11 Å². The van der Waals surface area contributed by atoms with Gasteiger partial charge in [0.2, 0.25) is 0 Å². The molecule has 142 valence electrons. The number of methoxy groups -OCH3 is 1. The zero-order chi connectivity index (χ0) is 18.8. The summed E-state index contributed by atoms with van der Waals surface area (Å²) in [7, 11) is 1.36. The van der Waals surface area contributed by atoms with Gasteiger partial charge in [-0.15, -0.1) is 0 Å². The summed E-state index contributed by atoms with van der Waals surface area (Å²) in [4.78, 5) is 12.7. The predicted molar refractivity (Wildman–Crippen MR) is 96.8 cm³/mol. The van der Waals surface area contributed by atoms with E-state index in [9.17, 15) is 15.0 Å². The lowest BCUT2D eigenvalue weighted by Gasteiger charge is -2.63. The third-order valence-electron chi connectivity index (χ3n) is 7.99. The zero-order valence-electron chi connectivity index (χ0n) is 16.6. The molecule has 4 heteroatoms.